The van der Waals surface area contributed by atoms with Crippen LogP contribution >= 0.6 is 0 Å². The van der Waals surface area contributed by atoms with E-state index in [0.717, 1.165) is 6.08 Å². The third kappa shape index (κ3) is 8.23. The van der Waals surface area contributed by atoms with Crippen molar-refractivity contribution in [2.24, 2.45) is 17.3 Å². The lowest BCUT2D eigenvalue weighted by atomic mass is 9.74. The Kier molecular flexibility index (Phi) is 9.80. The number of esters is 1. The van der Waals surface area contributed by atoms with Gasteiger partial charge in [0, 0.05) is 44.6 Å². The Morgan fingerprint density at radius 2 is 1.93 bits per heavy atom. The SMILES string of the molecule is C=CC(=O)OCNC(=O)NCCNCCN1C(=O)CC(CC(C)(C)C(C)C)C1=O. The van der Waals surface area contributed by atoms with Crippen molar-refractivity contribution in [1.82, 2.24) is 20.9 Å². The number of imide groups is 1. The van der Waals surface area contributed by atoms with E-state index in [1.807, 2.05) is 0 Å². The van der Waals surface area contributed by atoms with Crippen LogP contribution in [0.1, 0.15) is 40.5 Å². The molecule has 1 saturated heterocycles. The van der Waals surface area contributed by atoms with Gasteiger partial charge in [-0.05, 0) is 17.8 Å². The summed E-state index contributed by atoms with van der Waals surface area (Å²) >= 11 is 0. The van der Waals surface area contributed by atoms with Crippen molar-refractivity contribution >= 4 is 23.8 Å². The molecule has 0 aromatic rings. The van der Waals surface area contributed by atoms with E-state index in [1.54, 1.807) is 0 Å². The summed E-state index contributed by atoms with van der Waals surface area (Å²) in [4.78, 5) is 48.4. The molecule has 4 amide bonds. The van der Waals surface area contributed by atoms with Gasteiger partial charge in [-0.2, -0.15) is 0 Å². The smallest absolute Gasteiger partial charge is 0.331 e. The van der Waals surface area contributed by atoms with Crippen LogP contribution in [0.25, 0.3) is 0 Å². The lowest BCUT2D eigenvalue weighted by molar-refractivity contribution is -0.140. The number of hydrogen-bond donors (Lipinski definition) is 3. The van der Waals surface area contributed by atoms with Crippen LogP contribution in [0.4, 0.5) is 4.79 Å². The van der Waals surface area contributed by atoms with E-state index in [4.69, 9.17) is 0 Å². The number of hydrogen-bond acceptors (Lipinski definition) is 6. The fourth-order valence-electron chi connectivity index (χ4n) is 2.89. The zero-order valence-corrected chi connectivity index (χ0v) is 17.9. The fraction of sp³-hybridized carbons (Fsp3) is 0.700. The number of nitrogens with zero attached hydrogens (tertiary/aromatic N) is 1. The van der Waals surface area contributed by atoms with Crippen molar-refractivity contribution in [3.05, 3.63) is 12.7 Å². The molecule has 1 aliphatic heterocycles. The molecule has 0 saturated carbocycles. The average Bonchev–Trinajstić information content (AvgIpc) is 2.90. The Hall–Kier alpha value is -2.42. The minimum atomic E-state index is -0.618. The number of nitrogens with one attached hydrogen (secondary N) is 3. The molecule has 1 fully saturated rings. The van der Waals surface area contributed by atoms with Gasteiger partial charge in [-0.1, -0.05) is 34.3 Å². The Labute approximate surface area is 172 Å². The van der Waals surface area contributed by atoms with Crippen molar-refractivity contribution in [2.75, 3.05) is 32.9 Å². The molecular weight excluding hydrogens is 376 g/mol. The van der Waals surface area contributed by atoms with Crippen molar-refractivity contribution < 1.29 is 23.9 Å². The van der Waals surface area contributed by atoms with E-state index >= 15 is 0 Å². The van der Waals surface area contributed by atoms with Crippen LogP contribution in [0.2, 0.25) is 0 Å². The Bertz CT molecular complexity index is 618. The van der Waals surface area contributed by atoms with Crippen LogP contribution < -0.4 is 16.0 Å². The third-order valence-electron chi connectivity index (χ3n) is 5.39. The van der Waals surface area contributed by atoms with E-state index in [2.05, 4.69) is 55.0 Å². The molecule has 0 aromatic carbocycles. The molecule has 29 heavy (non-hydrogen) atoms. The monoisotopic (exact) mass is 410 g/mol. The van der Waals surface area contributed by atoms with Crippen molar-refractivity contribution in [3.8, 4) is 0 Å². The van der Waals surface area contributed by atoms with E-state index in [9.17, 15) is 19.2 Å². The number of carbonyl (C=O) groups is 4. The summed E-state index contributed by atoms with van der Waals surface area (Å²) in [6.07, 6.45) is 2.00. The molecule has 1 heterocycles. The molecule has 0 aromatic heterocycles. The number of rotatable bonds is 12. The molecule has 9 nitrogen and oxygen atoms in total. The van der Waals surface area contributed by atoms with Gasteiger partial charge < -0.3 is 20.7 Å². The molecule has 9 heteroatoms. The normalized spacial score (nSPS) is 16.9. The van der Waals surface area contributed by atoms with E-state index < -0.39 is 12.0 Å². The predicted octanol–water partition coefficient (Wildman–Crippen LogP) is 1.01. The molecular formula is C20H34N4O5. The quantitative estimate of drug-likeness (QED) is 0.145. The van der Waals surface area contributed by atoms with Crippen molar-refractivity contribution in [3.63, 3.8) is 0 Å². The maximum Gasteiger partial charge on any atom is 0.331 e. The lowest BCUT2D eigenvalue weighted by Crippen LogP contribution is -2.42. The Morgan fingerprint density at radius 1 is 1.24 bits per heavy atom. The highest BCUT2D eigenvalue weighted by Crippen LogP contribution is 2.37. The summed E-state index contributed by atoms with van der Waals surface area (Å²) < 4.78 is 4.62. The first kappa shape index (κ1) is 24.6. The summed E-state index contributed by atoms with van der Waals surface area (Å²) in [5, 5.41) is 8.03. The highest BCUT2D eigenvalue weighted by Gasteiger charge is 2.41. The number of carbonyl (C=O) groups excluding carboxylic acids is 4. The van der Waals surface area contributed by atoms with Crippen LogP contribution in [-0.4, -0.2) is 61.6 Å². The van der Waals surface area contributed by atoms with Gasteiger partial charge in [0.05, 0.1) is 0 Å². The molecule has 1 atom stereocenters. The van der Waals surface area contributed by atoms with Gasteiger partial charge in [-0.15, -0.1) is 0 Å². The van der Waals surface area contributed by atoms with Gasteiger partial charge in [0.25, 0.3) is 0 Å². The Balaban J connectivity index is 2.22. The molecule has 1 unspecified atom stereocenters. The zero-order valence-electron chi connectivity index (χ0n) is 17.9. The maximum absolute atomic E-state index is 12.6. The number of amides is 4. The molecule has 0 spiro atoms. The van der Waals surface area contributed by atoms with Crippen LogP contribution in [-0.2, 0) is 19.1 Å². The van der Waals surface area contributed by atoms with Gasteiger partial charge in [0.2, 0.25) is 11.8 Å². The predicted molar refractivity (Wildman–Crippen MR) is 109 cm³/mol. The highest BCUT2D eigenvalue weighted by atomic mass is 16.5. The summed E-state index contributed by atoms with van der Waals surface area (Å²) in [5.74, 6) is -0.627. The zero-order chi connectivity index (χ0) is 22.0. The molecule has 0 bridgehead atoms. The fourth-order valence-corrected chi connectivity index (χ4v) is 2.89. The summed E-state index contributed by atoms with van der Waals surface area (Å²) in [6.45, 7) is 13.1. The van der Waals surface area contributed by atoms with Crippen LogP contribution in [0.15, 0.2) is 12.7 Å². The second-order valence-corrected chi connectivity index (χ2v) is 8.13. The topological polar surface area (TPSA) is 117 Å². The van der Waals surface area contributed by atoms with Crippen molar-refractivity contribution in [1.29, 1.82) is 0 Å². The van der Waals surface area contributed by atoms with Crippen LogP contribution in [0.3, 0.4) is 0 Å². The van der Waals surface area contributed by atoms with E-state index in [1.165, 1.54) is 4.90 Å². The molecule has 0 aliphatic carbocycles. The number of likely N-dealkylation sites (tertiary alicyclic amines) is 1. The first-order chi connectivity index (χ1) is 13.6. The van der Waals surface area contributed by atoms with Gasteiger partial charge in [-0.25, -0.2) is 9.59 Å². The first-order valence-corrected chi connectivity index (χ1v) is 9.94. The summed E-state index contributed by atoms with van der Waals surface area (Å²) in [6, 6.07) is -0.468. The second-order valence-electron chi connectivity index (χ2n) is 8.13. The minimum Gasteiger partial charge on any atom is -0.441 e. The van der Waals surface area contributed by atoms with E-state index in [0.29, 0.717) is 38.5 Å². The Morgan fingerprint density at radius 3 is 2.55 bits per heavy atom. The van der Waals surface area contributed by atoms with Gasteiger partial charge in [0.1, 0.15) is 0 Å². The first-order valence-electron chi connectivity index (χ1n) is 9.94. The molecule has 3 N–H and O–H groups in total. The average molecular weight is 411 g/mol. The largest absolute Gasteiger partial charge is 0.441 e. The third-order valence-corrected chi connectivity index (χ3v) is 5.39. The summed E-state index contributed by atoms with van der Waals surface area (Å²) in [5.41, 5.74) is 0.00508. The van der Waals surface area contributed by atoms with Gasteiger partial charge in [-0.3, -0.25) is 14.5 Å². The maximum atomic E-state index is 12.6. The van der Waals surface area contributed by atoms with Crippen LogP contribution in [0, 0.1) is 17.3 Å². The molecule has 1 aliphatic rings. The molecule has 1 rings (SSSR count). The second kappa shape index (κ2) is 11.5. The van der Waals surface area contributed by atoms with Crippen LogP contribution in [0.5, 0.6) is 0 Å². The standard InChI is InChI=1S/C20H34N4O5/c1-6-17(26)29-13-23-19(28)22-8-7-21-9-10-24-16(25)11-15(18(24)27)12-20(4,5)14(2)3/h6,14-15,21H,1,7-13H2,2-5H3,(H2,22,23,28). The van der Waals surface area contributed by atoms with Crippen molar-refractivity contribution in [2.45, 2.75) is 40.5 Å². The lowest BCUT2D eigenvalue weighted by Gasteiger charge is -2.31. The van der Waals surface area contributed by atoms with Gasteiger partial charge >= 0.3 is 12.0 Å². The van der Waals surface area contributed by atoms with Gasteiger partial charge in [0.15, 0.2) is 6.73 Å². The highest BCUT2D eigenvalue weighted by molar-refractivity contribution is 6.03. The molecule has 0 radical (unpaired) electrons. The summed E-state index contributed by atoms with van der Waals surface area (Å²) in [7, 11) is 0. The van der Waals surface area contributed by atoms with E-state index in [-0.39, 0.29) is 36.3 Å². The minimum absolute atomic E-state index is 0.00508. The number of ether oxygens (including phenoxy) is 1. The number of urea groups is 1. The molecule has 164 valence electrons.